The normalized spacial score (nSPS) is 10.8. The van der Waals surface area contributed by atoms with Crippen LogP contribution in [0.1, 0.15) is 18.1 Å². The molecule has 0 amide bonds. The fourth-order valence-corrected chi connectivity index (χ4v) is 2.85. The summed E-state index contributed by atoms with van der Waals surface area (Å²) < 4.78 is 10.7. The van der Waals surface area contributed by atoms with Crippen LogP contribution in [0.2, 0.25) is 0 Å². The third-order valence-corrected chi connectivity index (χ3v) is 4.32. The van der Waals surface area contributed by atoms with Gasteiger partial charge < -0.3 is 20.1 Å². The lowest BCUT2D eigenvalue weighted by Gasteiger charge is -2.14. The van der Waals surface area contributed by atoms with Crippen molar-refractivity contribution in [3.63, 3.8) is 0 Å². The molecule has 30 heavy (non-hydrogen) atoms. The monoisotopic (exact) mass is 522 g/mol. The van der Waals surface area contributed by atoms with Crippen LogP contribution >= 0.6 is 24.0 Å². The van der Waals surface area contributed by atoms with E-state index in [1.54, 1.807) is 14.2 Å². The Morgan fingerprint density at radius 3 is 2.67 bits per heavy atom. The number of nitrogens with one attached hydrogen (secondary N) is 3. The van der Waals surface area contributed by atoms with E-state index in [0.717, 1.165) is 46.5 Å². The third-order valence-electron chi connectivity index (χ3n) is 4.32. The van der Waals surface area contributed by atoms with Gasteiger partial charge in [-0.2, -0.15) is 5.10 Å². The number of ether oxygens (including phenoxy) is 2. The summed E-state index contributed by atoms with van der Waals surface area (Å²) in [5.74, 6) is 3.01. The fourth-order valence-electron chi connectivity index (χ4n) is 2.85. The maximum absolute atomic E-state index is 5.46. The van der Waals surface area contributed by atoms with E-state index >= 15 is 0 Å². The molecule has 0 fully saturated rings. The molecule has 3 aromatic rings. The molecule has 8 nitrogen and oxygen atoms in total. The highest BCUT2D eigenvalue weighted by atomic mass is 127. The van der Waals surface area contributed by atoms with E-state index in [2.05, 4.69) is 31.9 Å². The first-order valence-electron chi connectivity index (χ1n) is 9.41. The second-order valence-electron chi connectivity index (χ2n) is 6.26. The van der Waals surface area contributed by atoms with E-state index in [-0.39, 0.29) is 24.0 Å². The molecule has 0 unspecified atom stereocenters. The number of hydrogen-bond acceptors (Lipinski definition) is 5. The summed E-state index contributed by atoms with van der Waals surface area (Å²) in [5.41, 5.74) is 3.08. The van der Waals surface area contributed by atoms with E-state index in [1.165, 1.54) is 6.33 Å². The number of halogens is 1. The number of H-pyrrole nitrogens is 1. The summed E-state index contributed by atoms with van der Waals surface area (Å²) in [6, 6.07) is 13.8. The van der Waals surface area contributed by atoms with Crippen molar-refractivity contribution in [1.82, 2.24) is 25.8 Å². The van der Waals surface area contributed by atoms with Gasteiger partial charge in [0, 0.05) is 30.3 Å². The molecule has 160 valence electrons. The zero-order chi connectivity index (χ0) is 20.5. The summed E-state index contributed by atoms with van der Waals surface area (Å²) in [4.78, 5) is 8.89. The van der Waals surface area contributed by atoms with Gasteiger partial charge in [-0.3, -0.25) is 5.10 Å². The minimum atomic E-state index is 0. The van der Waals surface area contributed by atoms with Crippen LogP contribution in [-0.4, -0.2) is 41.9 Å². The Labute approximate surface area is 193 Å². The number of aliphatic imine (C=N–C) groups is 1. The summed E-state index contributed by atoms with van der Waals surface area (Å²) in [7, 11) is 3.29. The Kier molecular flexibility index (Phi) is 9.39. The zero-order valence-electron chi connectivity index (χ0n) is 17.3. The highest BCUT2D eigenvalue weighted by molar-refractivity contribution is 14.0. The fraction of sp³-hybridized carbons (Fsp3) is 0.286. The van der Waals surface area contributed by atoms with Crippen molar-refractivity contribution in [1.29, 1.82) is 0 Å². The molecular weight excluding hydrogens is 495 g/mol. The average molecular weight is 522 g/mol. The molecule has 0 bridgehead atoms. The summed E-state index contributed by atoms with van der Waals surface area (Å²) in [6.07, 6.45) is 1.50. The van der Waals surface area contributed by atoms with Gasteiger partial charge in [0.15, 0.2) is 11.8 Å². The van der Waals surface area contributed by atoms with Crippen molar-refractivity contribution >= 4 is 29.9 Å². The summed E-state index contributed by atoms with van der Waals surface area (Å²) in [6.45, 7) is 3.92. The maximum atomic E-state index is 5.46. The van der Waals surface area contributed by atoms with Crippen LogP contribution in [0.5, 0.6) is 11.5 Å². The van der Waals surface area contributed by atoms with Crippen LogP contribution in [-0.2, 0) is 13.1 Å². The second-order valence-corrected chi connectivity index (χ2v) is 6.26. The Hall–Kier alpha value is -2.82. The standard InChI is InChI=1S/C21H26N6O2.HI/c1-4-22-21(24-13-17-8-9-18(28-2)11-19(17)29-3)23-12-15-6-5-7-16(10-15)20-25-14-26-27-20;/h5-11,14H,4,12-13H2,1-3H3,(H2,22,23,24)(H,25,26,27);1H. The quantitative estimate of drug-likeness (QED) is 0.239. The topological polar surface area (TPSA) is 96.5 Å². The SMILES string of the molecule is CCNC(=NCc1cccc(-c2ncn[nH]2)c1)NCc1ccc(OC)cc1OC.I. The highest BCUT2D eigenvalue weighted by Gasteiger charge is 2.07. The van der Waals surface area contributed by atoms with Crippen LogP contribution in [0.25, 0.3) is 11.4 Å². The molecular formula is C21H27IN6O2. The smallest absolute Gasteiger partial charge is 0.191 e. The van der Waals surface area contributed by atoms with E-state index in [1.807, 2.05) is 43.3 Å². The molecule has 2 aromatic carbocycles. The van der Waals surface area contributed by atoms with E-state index in [4.69, 9.17) is 14.5 Å². The second kappa shape index (κ2) is 12.0. The van der Waals surface area contributed by atoms with Crippen molar-refractivity contribution in [3.8, 4) is 22.9 Å². The average Bonchev–Trinajstić information content (AvgIpc) is 3.31. The van der Waals surface area contributed by atoms with Crippen LogP contribution in [0.3, 0.4) is 0 Å². The molecule has 0 aliphatic heterocycles. The summed E-state index contributed by atoms with van der Waals surface area (Å²) >= 11 is 0. The molecule has 0 spiro atoms. The van der Waals surface area contributed by atoms with Gasteiger partial charge in [-0.1, -0.05) is 18.2 Å². The molecule has 0 radical (unpaired) electrons. The van der Waals surface area contributed by atoms with Crippen molar-refractivity contribution in [2.24, 2.45) is 4.99 Å². The Bertz CT molecular complexity index is 946. The molecule has 1 aromatic heterocycles. The Morgan fingerprint density at radius 1 is 1.10 bits per heavy atom. The molecule has 1 heterocycles. The van der Waals surface area contributed by atoms with Crippen molar-refractivity contribution in [3.05, 3.63) is 59.9 Å². The van der Waals surface area contributed by atoms with Gasteiger partial charge in [0.25, 0.3) is 0 Å². The molecule has 0 aliphatic carbocycles. The lowest BCUT2D eigenvalue weighted by atomic mass is 10.1. The van der Waals surface area contributed by atoms with Crippen LogP contribution in [0, 0.1) is 0 Å². The number of guanidine groups is 1. The van der Waals surface area contributed by atoms with Crippen molar-refractivity contribution in [2.75, 3.05) is 20.8 Å². The minimum absolute atomic E-state index is 0. The van der Waals surface area contributed by atoms with Gasteiger partial charge in [0.05, 0.1) is 20.8 Å². The van der Waals surface area contributed by atoms with Gasteiger partial charge in [0.1, 0.15) is 17.8 Å². The van der Waals surface area contributed by atoms with Gasteiger partial charge >= 0.3 is 0 Å². The first kappa shape index (κ1) is 23.5. The van der Waals surface area contributed by atoms with E-state index in [0.29, 0.717) is 13.1 Å². The minimum Gasteiger partial charge on any atom is -0.497 e. The maximum Gasteiger partial charge on any atom is 0.191 e. The van der Waals surface area contributed by atoms with Crippen LogP contribution in [0.4, 0.5) is 0 Å². The van der Waals surface area contributed by atoms with Gasteiger partial charge in [-0.05, 0) is 30.7 Å². The number of hydrogen-bond donors (Lipinski definition) is 3. The number of aromatic amines is 1. The van der Waals surface area contributed by atoms with Gasteiger partial charge in [-0.15, -0.1) is 24.0 Å². The largest absolute Gasteiger partial charge is 0.497 e. The molecule has 0 saturated carbocycles. The number of aromatic nitrogens is 3. The Morgan fingerprint density at radius 2 is 1.97 bits per heavy atom. The van der Waals surface area contributed by atoms with Crippen molar-refractivity contribution < 1.29 is 9.47 Å². The number of methoxy groups -OCH3 is 2. The zero-order valence-corrected chi connectivity index (χ0v) is 19.6. The lowest BCUT2D eigenvalue weighted by Crippen LogP contribution is -2.36. The van der Waals surface area contributed by atoms with Crippen LogP contribution in [0.15, 0.2) is 53.8 Å². The number of nitrogens with zero attached hydrogens (tertiary/aromatic N) is 3. The predicted molar refractivity (Wildman–Crippen MR) is 128 cm³/mol. The summed E-state index contributed by atoms with van der Waals surface area (Å²) in [5, 5.41) is 13.4. The van der Waals surface area contributed by atoms with Crippen LogP contribution < -0.4 is 20.1 Å². The van der Waals surface area contributed by atoms with E-state index in [9.17, 15) is 0 Å². The first-order chi connectivity index (χ1) is 14.2. The lowest BCUT2D eigenvalue weighted by molar-refractivity contribution is 0.390. The van der Waals surface area contributed by atoms with Gasteiger partial charge in [0.2, 0.25) is 0 Å². The molecule has 0 aliphatic rings. The molecule has 0 atom stereocenters. The first-order valence-corrected chi connectivity index (χ1v) is 9.41. The van der Waals surface area contributed by atoms with Gasteiger partial charge in [-0.25, -0.2) is 9.98 Å². The van der Waals surface area contributed by atoms with Crippen molar-refractivity contribution in [2.45, 2.75) is 20.0 Å². The number of rotatable bonds is 8. The Balaban J connectivity index is 0.00000320. The third kappa shape index (κ3) is 6.34. The highest BCUT2D eigenvalue weighted by Crippen LogP contribution is 2.24. The molecule has 9 heteroatoms. The number of benzene rings is 2. The molecule has 0 saturated heterocycles. The van der Waals surface area contributed by atoms with E-state index < -0.39 is 0 Å². The molecule has 3 rings (SSSR count). The molecule has 3 N–H and O–H groups in total. The predicted octanol–water partition coefficient (Wildman–Crippen LogP) is 3.36.